The molecule has 2 aromatic carbocycles. The second kappa shape index (κ2) is 5.84. The number of nitrogens with one attached hydrogen (secondary N) is 1. The van der Waals surface area contributed by atoms with Crippen LogP contribution in [0.2, 0.25) is 10.0 Å². The van der Waals surface area contributed by atoms with E-state index in [4.69, 9.17) is 23.2 Å². The van der Waals surface area contributed by atoms with Crippen LogP contribution in [0.5, 0.6) is 0 Å². The van der Waals surface area contributed by atoms with Crippen molar-refractivity contribution in [2.24, 2.45) is 0 Å². The van der Waals surface area contributed by atoms with Crippen LogP contribution in [0.25, 0.3) is 10.1 Å². The average Bonchev–Trinajstić information content (AvgIpc) is 2.88. The molecule has 0 aliphatic heterocycles. The SMILES string of the molecule is CC(Nc1cc(Cl)c(F)c(Cl)c1)c1cc2ccccc2s1. The third-order valence-corrected chi connectivity index (χ3v) is 5.09. The van der Waals surface area contributed by atoms with Crippen LogP contribution in [0.15, 0.2) is 42.5 Å². The molecule has 21 heavy (non-hydrogen) atoms. The molecule has 0 amide bonds. The van der Waals surface area contributed by atoms with Crippen LogP contribution >= 0.6 is 34.5 Å². The van der Waals surface area contributed by atoms with Crippen molar-refractivity contribution in [3.8, 4) is 0 Å². The van der Waals surface area contributed by atoms with E-state index in [1.807, 2.05) is 12.1 Å². The molecule has 1 aromatic heterocycles. The Labute approximate surface area is 136 Å². The minimum absolute atomic E-state index is 0.0218. The number of rotatable bonds is 3. The van der Waals surface area contributed by atoms with Gasteiger partial charge in [-0.3, -0.25) is 0 Å². The monoisotopic (exact) mass is 339 g/mol. The van der Waals surface area contributed by atoms with Gasteiger partial charge in [0.2, 0.25) is 0 Å². The van der Waals surface area contributed by atoms with E-state index in [1.54, 1.807) is 23.5 Å². The van der Waals surface area contributed by atoms with E-state index in [0.29, 0.717) is 5.69 Å². The molecular weight excluding hydrogens is 328 g/mol. The van der Waals surface area contributed by atoms with E-state index in [2.05, 4.69) is 30.4 Å². The Morgan fingerprint density at radius 3 is 2.43 bits per heavy atom. The fourth-order valence-corrected chi connectivity index (χ4v) is 3.73. The number of anilines is 1. The van der Waals surface area contributed by atoms with Crippen molar-refractivity contribution in [2.75, 3.05) is 5.32 Å². The molecule has 5 heteroatoms. The summed E-state index contributed by atoms with van der Waals surface area (Å²) in [6.45, 7) is 2.05. The predicted molar refractivity (Wildman–Crippen MR) is 90.3 cm³/mol. The number of hydrogen-bond acceptors (Lipinski definition) is 2. The topological polar surface area (TPSA) is 12.0 Å². The molecule has 1 atom stereocenters. The number of halogens is 3. The highest BCUT2D eigenvalue weighted by atomic mass is 35.5. The quantitative estimate of drug-likeness (QED) is 0.535. The number of fused-ring (bicyclic) bond motifs is 1. The molecule has 1 heterocycles. The summed E-state index contributed by atoms with van der Waals surface area (Å²) in [7, 11) is 0. The van der Waals surface area contributed by atoms with Crippen molar-refractivity contribution in [2.45, 2.75) is 13.0 Å². The molecule has 108 valence electrons. The second-order valence-electron chi connectivity index (χ2n) is 4.81. The lowest BCUT2D eigenvalue weighted by atomic mass is 10.2. The Bertz CT molecular complexity index is 744. The minimum Gasteiger partial charge on any atom is -0.378 e. The van der Waals surface area contributed by atoms with Crippen molar-refractivity contribution in [3.05, 3.63) is 63.2 Å². The van der Waals surface area contributed by atoms with Crippen molar-refractivity contribution in [1.82, 2.24) is 0 Å². The highest BCUT2D eigenvalue weighted by Gasteiger charge is 2.12. The number of benzene rings is 2. The number of hydrogen-bond donors (Lipinski definition) is 1. The zero-order chi connectivity index (χ0) is 15.0. The standard InChI is InChI=1S/C16H12Cl2FNS/c1-9(15-6-10-4-2-3-5-14(10)21-15)20-11-7-12(17)16(19)13(18)8-11/h2-9,20H,1H3. The van der Waals surface area contributed by atoms with Crippen molar-refractivity contribution >= 4 is 50.3 Å². The van der Waals surface area contributed by atoms with Gasteiger partial charge in [0.1, 0.15) is 0 Å². The van der Waals surface area contributed by atoms with Crippen LogP contribution in [0.1, 0.15) is 17.8 Å². The maximum atomic E-state index is 13.4. The average molecular weight is 340 g/mol. The van der Waals surface area contributed by atoms with Gasteiger partial charge in [0, 0.05) is 15.3 Å². The Kier molecular flexibility index (Phi) is 4.07. The summed E-state index contributed by atoms with van der Waals surface area (Å²) in [6, 6.07) is 13.6. The molecule has 0 aliphatic carbocycles. The van der Waals surface area contributed by atoms with Gasteiger partial charge in [-0.15, -0.1) is 11.3 Å². The zero-order valence-corrected chi connectivity index (χ0v) is 13.5. The lowest BCUT2D eigenvalue weighted by Gasteiger charge is -2.14. The van der Waals surface area contributed by atoms with Crippen LogP contribution < -0.4 is 5.32 Å². The van der Waals surface area contributed by atoms with E-state index in [0.717, 1.165) is 0 Å². The highest BCUT2D eigenvalue weighted by molar-refractivity contribution is 7.19. The van der Waals surface area contributed by atoms with Crippen molar-refractivity contribution < 1.29 is 4.39 Å². The maximum absolute atomic E-state index is 13.4. The van der Waals surface area contributed by atoms with E-state index in [1.165, 1.54) is 15.0 Å². The summed E-state index contributed by atoms with van der Waals surface area (Å²) < 4.78 is 14.7. The van der Waals surface area contributed by atoms with Gasteiger partial charge in [-0.05, 0) is 36.6 Å². The van der Waals surface area contributed by atoms with Gasteiger partial charge < -0.3 is 5.32 Å². The zero-order valence-electron chi connectivity index (χ0n) is 11.2. The molecule has 0 saturated heterocycles. The third kappa shape index (κ3) is 3.00. The smallest absolute Gasteiger partial charge is 0.160 e. The minimum atomic E-state index is -0.585. The molecule has 0 bridgehead atoms. The Morgan fingerprint density at radius 2 is 1.76 bits per heavy atom. The molecule has 1 N–H and O–H groups in total. The van der Waals surface area contributed by atoms with Crippen molar-refractivity contribution in [1.29, 1.82) is 0 Å². The summed E-state index contributed by atoms with van der Waals surface area (Å²) in [6.07, 6.45) is 0. The first kappa shape index (κ1) is 14.6. The van der Waals surface area contributed by atoms with Crippen LogP contribution in [0, 0.1) is 5.82 Å². The van der Waals surface area contributed by atoms with E-state index >= 15 is 0 Å². The van der Waals surface area contributed by atoms with Gasteiger partial charge in [-0.25, -0.2) is 4.39 Å². The first-order valence-corrected chi connectivity index (χ1v) is 8.01. The molecule has 1 nitrogen and oxygen atoms in total. The van der Waals surface area contributed by atoms with E-state index < -0.39 is 5.82 Å². The fraction of sp³-hybridized carbons (Fsp3) is 0.125. The van der Waals surface area contributed by atoms with Gasteiger partial charge in [-0.2, -0.15) is 0 Å². The van der Waals surface area contributed by atoms with Gasteiger partial charge in [-0.1, -0.05) is 41.4 Å². The molecule has 1 unspecified atom stereocenters. The normalized spacial score (nSPS) is 12.6. The van der Waals surface area contributed by atoms with Gasteiger partial charge >= 0.3 is 0 Å². The van der Waals surface area contributed by atoms with Crippen LogP contribution in [0.3, 0.4) is 0 Å². The van der Waals surface area contributed by atoms with Gasteiger partial charge in [0.25, 0.3) is 0 Å². The lowest BCUT2D eigenvalue weighted by molar-refractivity contribution is 0.628. The maximum Gasteiger partial charge on any atom is 0.160 e. The van der Waals surface area contributed by atoms with E-state index in [9.17, 15) is 4.39 Å². The third-order valence-electron chi connectivity index (χ3n) is 3.24. The molecule has 3 aromatic rings. The summed E-state index contributed by atoms with van der Waals surface area (Å²) >= 11 is 13.4. The first-order valence-electron chi connectivity index (χ1n) is 6.44. The molecule has 0 aliphatic rings. The van der Waals surface area contributed by atoms with Gasteiger partial charge in [0.15, 0.2) is 5.82 Å². The summed E-state index contributed by atoms with van der Waals surface area (Å²) in [5.41, 5.74) is 0.705. The highest BCUT2D eigenvalue weighted by Crippen LogP contribution is 2.33. The molecule has 0 radical (unpaired) electrons. The molecule has 3 rings (SSSR count). The summed E-state index contributed by atoms with van der Waals surface area (Å²) in [5.74, 6) is -0.585. The fourth-order valence-electron chi connectivity index (χ4n) is 2.18. The Hall–Kier alpha value is -1.29. The molecular formula is C16H12Cl2FNS. The summed E-state index contributed by atoms with van der Waals surface area (Å²) in [4.78, 5) is 1.20. The molecule has 0 fully saturated rings. The van der Waals surface area contributed by atoms with Crippen LogP contribution in [0.4, 0.5) is 10.1 Å². The summed E-state index contributed by atoms with van der Waals surface area (Å²) in [5, 5.41) is 4.57. The first-order chi connectivity index (χ1) is 10.0. The number of thiophene rings is 1. The largest absolute Gasteiger partial charge is 0.378 e. The second-order valence-corrected chi connectivity index (χ2v) is 6.74. The Balaban J connectivity index is 1.87. The lowest BCUT2D eigenvalue weighted by Crippen LogP contribution is -2.05. The van der Waals surface area contributed by atoms with Crippen LogP contribution in [-0.4, -0.2) is 0 Å². The van der Waals surface area contributed by atoms with Crippen molar-refractivity contribution in [3.63, 3.8) is 0 Å². The van der Waals surface area contributed by atoms with Gasteiger partial charge in [0.05, 0.1) is 16.1 Å². The predicted octanol–water partition coefficient (Wildman–Crippen LogP) is 6.52. The van der Waals surface area contributed by atoms with E-state index in [-0.39, 0.29) is 16.1 Å². The molecule has 0 spiro atoms. The van der Waals surface area contributed by atoms with Crippen LogP contribution in [-0.2, 0) is 0 Å². The molecule has 0 saturated carbocycles. The Morgan fingerprint density at radius 1 is 1.10 bits per heavy atom.